The van der Waals surface area contributed by atoms with Crippen LogP contribution in [0, 0.1) is 13.8 Å². The van der Waals surface area contributed by atoms with Gasteiger partial charge >= 0.3 is 0 Å². The van der Waals surface area contributed by atoms with Crippen molar-refractivity contribution in [3.63, 3.8) is 0 Å². The number of aryl methyl sites for hydroxylation is 2. The van der Waals surface area contributed by atoms with Crippen molar-refractivity contribution in [3.05, 3.63) is 69.2 Å². The summed E-state index contributed by atoms with van der Waals surface area (Å²) in [6, 6.07) is 7.79. The molecule has 33 heavy (non-hydrogen) atoms. The average Bonchev–Trinajstić information content (AvgIpc) is 3.46. The Kier molecular flexibility index (Phi) is 7.47. The Labute approximate surface area is 198 Å². The van der Waals surface area contributed by atoms with Crippen LogP contribution >= 0.6 is 11.3 Å². The Balaban J connectivity index is 1.31. The van der Waals surface area contributed by atoms with Crippen molar-refractivity contribution in [1.82, 2.24) is 15.0 Å². The van der Waals surface area contributed by atoms with Crippen LogP contribution in [-0.4, -0.2) is 54.2 Å². The van der Waals surface area contributed by atoms with Crippen molar-refractivity contribution in [2.45, 2.75) is 27.0 Å². The van der Waals surface area contributed by atoms with Gasteiger partial charge in [0.25, 0.3) is 0 Å². The molecule has 1 aliphatic rings. The first-order chi connectivity index (χ1) is 16.0. The number of aromatic nitrogens is 1. The summed E-state index contributed by atoms with van der Waals surface area (Å²) in [4.78, 5) is 17.0. The van der Waals surface area contributed by atoms with Gasteiger partial charge in [0.15, 0.2) is 11.5 Å². The lowest BCUT2D eigenvalue weighted by molar-refractivity contribution is -0.127. The third-order valence-corrected chi connectivity index (χ3v) is 6.56. The minimum absolute atomic E-state index is 0.0304. The lowest BCUT2D eigenvalue weighted by Crippen LogP contribution is -2.47. The zero-order valence-corrected chi connectivity index (χ0v) is 20.1. The van der Waals surface area contributed by atoms with E-state index in [1.54, 1.807) is 24.5 Å². The molecule has 0 unspecified atom stereocenters. The molecule has 0 aliphatic carbocycles. The minimum Gasteiger partial charge on any atom is -0.493 e. The number of methoxy groups -OCH3 is 1. The maximum absolute atomic E-state index is 12.7. The van der Waals surface area contributed by atoms with Crippen molar-refractivity contribution in [2.75, 3.05) is 33.3 Å². The fourth-order valence-corrected chi connectivity index (χ4v) is 4.46. The summed E-state index contributed by atoms with van der Waals surface area (Å²) < 4.78 is 16.6. The average molecular weight is 468 g/mol. The highest BCUT2D eigenvalue weighted by Crippen LogP contribution is 2.30. The van der Waals surface area contributed by atoms with Gasteiger partial charge in [-0.05, 0) is 60.0 Å². The maximum atomic E-state index is 12.7. The lowest BCUT2D eigenvalue weighted by Gasteiger charge is -2.34. The second-order valence-corrected chi connectivity index (χ2v) is 8.85. The fraction of sp³-hybridized carbons (Fsp3) is 0.360. The maximum Gasteiger partial charge on any atom is 0.246 e. The van der Waals surface area contributed by atoms with E-state index in [1.807, 2.05) is 43.0 Å². The van der Waals surface area contributed by atoms with Crippen LogP contribution in [0.4, 0.5) is 0 Å². The van der Waals surface area contributed by atoms with Gasteiger partial charge in [0.2, 0.25) is 5.91 Å². The smallest absolute Gasteiger partial charge is 0.246 e. The van der Waals surface area contributed by atoms with E-state index in [0.29, 0.717) is 18.1 Å². The molecule has 1 amide bonds. The van der Waals surface area contributed by atoms with Crippen LogP contribution in [0.3, 0.4) is 0 Å². The number of ether oxygens (including phenoxy) is 2. The fourth-order valence-electron chi connectivity index (χ4n) is 3.81. The van der Waals surface area contributed by atoms with Gasteiger partial charge in [-0.2, -0.15) is 11.3 Å². The molecular formula is C25H29N3O4S. The number of amides is 1. The van der Waals surface area contributed by atoms with Crippen molar-refractivity contribution < 1.29 is 18.8 Å². The highest BCUT2D eigenvalue weighted by molar-refractivity contribution is 7.07. The van der Waals surface area contributed by atoms with Crippen LogP contribution in [-0.2, 0) is 17.9 Å². The molecule has 0 radical (unpaired) electrons. The number of hydrogen-bond donors (Lipinski definition) is 0. The van der Waals surface area contributed by atoms with E-state index in [0.717, 1.165) is 55.3 Å². The molecule has 174 valence electrons. The van der Waals surface area contributed by atoms with Crippen LogP contribution in [0.2, 0.25) is 0 Å². The number of benzene rings is 1. The highest BCUT2D eigenvalue weighted by Gasteiger charge is 2.19. The first-order valence-electron chi connectivity index (χ1n) is 11.0. The molecule has 1 fully saturated rings. The molecule has 8 heteroatoms. The highest BCUT2D eigenvalue weighted by atomic mass is 32.1. The first-order valence-corrected chi connectivity index (χ1v) is 11.9. The van der Waals surface area contributed by atoms with Crippen LogP contribution in [0.5, 0.6) is 11.5 Å². The standard InChI is InChI=1S/C25H29N3O4S/c1-18-22(19(2)32-26-18)16-31-23-6-4-20(14-24(23)30-3)5-7-25(29)28-11-9-27(10-12-28)15-21-8-13-33-17-21/h4-8,13-14,17H,9-12,15-16H2,1-3H3/b7-5+. The van der Waals surface area contributed by atoms with E-state index < -0.39 is 0 Å². The zero-order valence-electron chi connectivity index (χ0n) is 19.2. The van der Waals surface area contributed by atoms with E-state index in [4.69, 9.17) is 14.0 Å². The predicted octanol–water partition coefficient (Wildman–Crippen LogP) is 4.30. The largest absolute Gasteiger partial charge is 0.493 e. The molecule has 0 spiro atoms. The zero-order chi connectivity index (χ0) is 23.2. The Morgan fingerprint density at radius 1 is 1.18 bits per heavy atom. The summed E-state index contributed by atoms with van der Waals surface area (Å²) in [7, 11) is 1.60. The van der Waals surface area contributed by atoms with Gasteiger partial charge < -0.3 is 18.9 Å². The topological polar surface area (TPSA) is 68.0 Å². The number of piperazine rings is 1. The van der Waals surface area contributed by atoms with Gasteiger partial charge in [0.1, 0.15) is 12.4 Å². The molecule has 1 aromatic carbocycles. The van der Waals surface area contributed by atoms with Gasteiger partial charge in [-0.25, -0.2) is 0 Å². The van der Waals surface area contributed by atoms with Crippen LogP contribution < -0.4 is 9.47 Å². The Bertz CT molecular complexity index is 1080. The summed E-state index contributed by atoms with van der Waals surface area (Å²) in [5.74, 6) is 2.01. The first kappa shape index (κ1) is 23.1. The molecule has 1 aliphatic heterocycles. The number of carbonyl (C=O) groups excluding carboxylic acids is 1. The van der Waals surface area contributed by atoms with E-state index in [9.17, 15) is 4.79 Å². The Hall–Kier alpha value is -3.10. The minimum atomic E-state index is 0.0304. The molecule has 3 heterocycles. The number of hydrogen-bond acceptors (Lipinski definition) is 7. The van der Waals surface area contributed by atoms with E-state index in [1.165, 1.54) is 5.56 Å². The molecule has 2 aromatic heterocycles. The van der Waals surface area contributed by atoms with E-state index in [-0.39, 0.29) is 5.91 Å². The van der Waals surface area contributed by atoms with Crippen molar-refractivity contribution in [3.8, 4) is 11.5 Å². The van der Waals surface area contributed by atoms with Gasteiger partial charge in [0, 0.05) is 38.8 Å². The molecule has 0 bridgehead atoms. The van der Waals surface area contributed by atoms with Crippen molar-refractivity contribution in [2.24, 2.45) is 0 Å². The monoisotopic (exact) mass is 467 g/mol. The second-order valence-electron chi connectivity index (χ2n) is 8.07. The molecule has 4 rings (SSSR count). The Morgan fingerprint density at radius 2 is 2.00 bits per heavy atom. The van der Waals surface area contributed by atoms with Gasteiger partial charge in [-0.3, -0.25) is 9.69 Å². The molecule has 0 saturated carbocycles. The van der Waals surface area contributed by atoms with Crippen molar-refractivity contribution >= 4 is 23.3 Å². The van der Waals surface area contributed by atoms with E-state index in [2.05, 4.69) is 26.9 Å². The molecule has 3 aromatic rings. The molecule has 7 nitrogen and oxygen atoms in total. The molecule has 0 N–H and O–H groups in total. The number of nitrogens with zero attached hydrogens (tertiary/aromatic N) is 3. The summed E-state index contributed by atoms with van der Waals surface area (Å²) in [6.45, 7) is 8.32. The van der Waals surface area contributed by atoms with E-state index >= 15 is 0 Å². The quantitative estimate of drug-likeness (QED) is 0.460. The summed E-state index contributed by atoms with van der Waals surface area (Å²) >= 11 is 1.72. The lowest BCUT2D eigenvalue weighted by atomic mass is 10.1. The van der Waals surface area contributed by atoms with Crippen LogP contribution in [0.25, 0.3) is 6.08 Å². The number of thiophene rings is 1. The second kappa shape index (κ2) is 10.7. The normalized spacial score (nSPS) is 14.7. The van der Waals surface area contributed by atoms with Gasteiger partial charge in [-0.1, -0.05) is 11.2 Å². The van der Waals surface area contributed by atoms with Crippen LogP contribution in [0.1, 0.15) is 28.1 Å². The number of carbonyl (C=O) groups is 1. The summed E-state index contributed by atoms with van der Waals surface area (Å²) in [5.41, 5.74) is 3.97. The molecule has 1 saturated heterocycles. The summed E-state index contributed by atoms with van der Waals surface area (Å²) in [6.07, 6.45) is 3.45. The summed E-state index contributed by atoms with van der Waals surface area (Å²) in [5, 5.41) is 8.24. The third kappa shape index (κ3) is 5.83. The van der Waals surface area contributed by atoms with Crippen molar-refractivity contribution in [1.29, 1.82) is 0 Å². The Morgan fingerprint density at radius 3 is 2.67 bits per heavy atom. The van der Waals surface area contributed by atoms with Gasteiger partial charge in [-0.15, -0.1) is 0 Å². The molecule has 0 atom stereocenters. The third-order valence-electron chi connectivity index (χ3n) is 5.83. The van der Waals surface area contributed by atoms with Crippen LogP contribution in [0.15, 0.2) is 45.6 Å². The number of rotatable bonds is 8. The predicted molar refractivity (Wildman–Crippen MR) is 129 cm³/mol. The van der Waals surface area contributed by atoms with Gasteiger partial charge in [0.05, 0.1) is 18.4 Å². The SMILES string of the molecule is COc1cc(/C=C/C(=O)N2CCN(Cc3ccsc3)CC2)ccc1OCc1c(C)noc1C. The molecular weight excluding hydrogens is 438 g/mol.